The molecule has 1 aromatic heterocycles. The Morgan fingerprint density at radius 3 is 2.68 bits per heavy atom. The number of carboxylic acids is 1. The number of aliphatic carboxylic acids is 1. The monoisotopic (exact) mass is 266 g/mol. The fraction of sp³-hybridized carbons (Fsp3) is 0.538. The molecule has 2 atom stereocenters. The minimum Gasteiger partial charge on any atom is -0.480 e. The van der Waals surface area contributed by atoms with Crippen LogP contribution < -0.4 is 0 Å². The lowest BCUT2D eigenvalue weighted by Crippen LogP contribution is -2.41. The highest BCUT2D eigenvalue weighted by molar-refractivity contribution is 5.95. The van der Waals surface area contributed by atoms with Crippen LogP contribution in [-0.2, 0) is 4.79 Å². The van der Waals surface area contributed by atoms with Crippen LogP contribution in [0.25, 0.3) is 0 Å². The summed E-state index contributed by atoms with van der Waals surface area (Å²) in [5.41, 5.74) is 0.454. The molecule has 0 aromatic carbocycles. The summed E-state index contributed by atoms with van der Waals surface area (Å²) in [6.45, 7) is 3.97. The van der Waals surface area contributed by atoms with Crippen molar-refractivity contribution in [3.8, 4) is 0 Å². The van der Waals surface area contributed by atoms with Gasteiger partial charge in [-0.05, 0) is 26.0 Å². The van der Waals surface area contributed by atoms with Gasteiger partial charge in [-0.1, -0.05) is 0 Å². The van der Waals surface area contributed by atoms with Gasteiger partial charge in [-0.25, -0.2) is 4.79 Å². The minimum absolute atomic E-state index is 0.0685. The molecule has 2 heterocycles. The van der Waals surface area contributed by atoms with Crippen LogP contribution in [0.1, 0.15) is 36.8 Å². The quantitative estimate of drug-likeness (QED) is 0.845. The summed E-state index contributed by atoms with van der Waals surface area (Å²) in [7, 11) is 0. The smallest absolute Gasteiger partial charge is 0.326 e. The normalized spacial score (nSPS) is 23.1. The van der Waals surface area contributed by atoms with E-state index in [0.29, 0.717) is 5.69 Å². The summed E-state index contributed by atoms with van der Waals surface area (Å²) >= 11 is 0. The highest BCUT2D eigenvalue weighted by atomic mass is 16.4. The van der Waals surface area contributed by atoms with Crippen molar-refractivity contribution in [3.05, 3.63) is 24.0 Å². The van der Waals surface area contributed by atoms with E-state index in [1.807, 2.05) is 13.8 Å². The van der Waals surface area contributed by atoms with Crippen molar-refractivity contribution in [1.82, 2.24) is 9.47 Å². The van der Waals surface area contributed by atoms with Crippen molar-refractivity contribution in [2.75, 3.05) is 6.54 Å². The first kappa shape index (κ1) is 13.6. The second-order valence-electron chi connectivity index (χ2n) is 5.10. The Bertz CT molecular complexity index is 495. The summed E-state index contributed by atoms with van der Waals surface area (Å²) in [4.78, 5) is 24.8. The van der Waals surface area contributed by atoms with Crippen LogP contribution in [0.2, 0.25) is 0 Å². The van der Waals surface area contributed by atoms with Gasteiger partial charge in [0.25, 0.3) is 5.91 Å². The van der Waals surface area contributed by atoms with Crippen LogP contribution in [0.15, 0.2) is 18.3 Å². The Kier molecular flexibility index (Phi) is 3.61. The van der Waals surface area contributed by atoms with E-state index in [1.165, 1.54) is 4.90 Å². The molecule has 1 aliphatic heterocycles. The van der Waals surface area contributed by atoms with Gasteiger partial charge in [0.2, 0.25) is 0 Å². The molecule has 6 nitrogen and oxygen atoms in total. The molecule has 6 heteroatoms. The van der Waals surface area contributed by atoms with Crippen molar-refractivity contribution in [3.63, 3.8) is 0 Å². The number of nitrogens with zero attached hydrogens (tertiary/aromatic N) is 2. The largest absolute Gasteiger partial charge is 0.480 e. The van der Waals surface area contributed by atoms with E-state index in [-0.39, 0.29) is 24.9 Å². The second kappa shape index (κ2) is 5.05. The van der Waals surface area contributed by atoms with Gasteiger partial charge in [0.15, 0.2) is 0 Å². The molecular formula is C13H18N2O4. The third-order valence-corrected chi connectivity index (χ3v) is 3.38. The number of carboxylic acid groups (broad SMARTS) is 1. The van der Waals surface area contributed by atoms with Crippen LogP contribution in [-0.4, -0.2) is 50.2 Å². The predicted molar refractivity (Wildman–Crippen MR) is 67.9 cm³/mol. The molecule has 104 valence electrons. The van der Waals surface area contributed by atoms with Crippen molar-refractivity contribution in [2.24, 2.45) is 0 Å². The molecule has 1 fully saturated rings. The van der Waals surface area contributed by atoms with Crippen LogP contribution in [0.4, 0.5) is 0 Å². The lowest BCUT2D eigenvalue weighted by atomic mass is 10.2. The molecule has 0 bridgehead atoms. The summed E-state index contributed by atoms with van der Waals surface area (Å²) in [5.74, 6) is -1.42. The molecule has 2 rings (SSSR count). The Morgan fingerprint density at radius 2 is 2.11 bits per heavy atom. The Hall–Kier alpha value is -1.82. The predicted octanol–water partition coefficient (Wildman–Crippen LogP) is 0.729. The van der Waals surface area contributed by atoms with Gasteiger partial charge in [0.1, 0.15) is 11.7 Å². The number of hydrogen-bond donors (Lipinski definition) is 2. The van der Waals surface area contributed by atoms with E-state index in [2.05, 4.69) is 0 Å². The topological polar surface area (TPSA) is 82.8 Å². The van der Waals surface area contributed by atoms with Crippen molar-refractivity contribution in [1.29, 1.82) is 0 Å². The zero-order valence-electron chi connectivity index (χ0n) is 11.0. The lowest BCUT2D eigenvalue weighted by molar-refractivity contribution is -0.141. The van der Waals surface area contributed by atoms with Crippen molar-refractivity contribution >= 4 is 11.9 Å². The average Bonchev–Trinajstić information content (AvgIpc) is 2.93. The Balaban J connectivity index is 2.28. The maximum Gasteiger partial charge on any atom is 0.326 e. The van der Waals surface area contributed by atoms with E-state index in [0.717, 1.165) is 0 Å². The molecule has 0 saturated carbocycles. The SMILES string of the molecule is CC(C)n1cccc1C(=O)N1CC(O)C[C@H]1C(=O)O. The van der Waals surface area contributed by atoms with Gasteiger partial charge in [0, 0.05) is 25.2 Å². The first-order valence-electron chi connectivity index (χ1n) is 6.30. The lowest BCUT2D eigenvalue weighted by Gasteiger charge is -2.22. The number of rotatable bonds is 3. The minimum atomic E-state index is -1.08. The highest BCUT2D eigenvalue weighted by Gasteiger charge is 2.39. The molecule has 0 spiro atoms. The summed E-state index contributed by atoms with van der Waals surface area (Å²) in [6.07, 6.45) is 1.11. The van der Waals surface area contributed by atoms with E-state index in [1.54, 1.807) is 22.9 Å². The molecule has 0 aliphatic carbocycles. The van der Waals surface area contributed by atoms with Crippen LogP contribution in [0.5, 0.6) is 0 Å². The molecule has 1 unspecified atom stereocenters. The molecular weight excluding hydrogens is 248 g/mol. The zero-order chi connectivity index (χ0) is 14.2. The van der Waals surface area contributed by atoms with E-state index >= 15 is 0 Å². The number of amides is 1. The number of β-amino-alcohol motifs (C(OH)–C–C–N with tert-alkyl or cyclic N) is 1. The molecule has 1 amide bonds. The van der Waals surface area contributed by atoms with Gasteiger partial charge in [-0.15, -0.1) is 0 Å². The number of hydrogen-bond acceptors (Lipinski definition) is 3. The van der Waals surface area contributed by atoms with Crippen molar-refractivity contribution in [2.45, 2.75) is 38.5 Å². The van der Waals surface area contributed by atoms with Gasteiger partial charge in [-0.3, -0.25) is 4.79 Å². The fourth-order valence-electron chi connectivity index (χ4n) is 2.44. The van der Waals surface area contributed by atoms with E-state index in [4.69, 9.17) is 5.11 Å². The third kappa shape index (κ3) is 2.49. The second-order valence-corrected chi connectivity index (χ2v) is 5.10. The van der Waals surface area contributed by atoms with E-state index in [9.17, 15) is 14.7 Å². The standard InChI is InChI=1S/C13H18N2O4/c1-8(2)14-5-3-4-10(14)12(17)15-7-9(16)6-11(15)13(18)19/h3-5,8-9,11,16H,6-7H2,1-2H3,(H,18,19)/t9?,11-/m0/s1. The first-order valence-corrected chi connectivity index (χ1v) is 6.30. The molecule has 19 heavy (non-hydrogen) atoms. The number of aliphatic hydroxyl groups excluding tert-OH is 1. The Labute approximate surface area is 111 Å². The summed E-state index contributed by atoms with van der Waals surface area (Å²) in [6, 6.07) is 2.60. The van der Waals surface area contributed by atoms with Gasteiger partial charge >= 0.3 is 5.97 Å². The van der Waals surface area contributed by atoms with E-state index < -0.39 is 18.1 Å². The third-order valence-electron chi connectivity index (χ3n) is 3.38. The highest BCUT2D eigenvalue weighted by Crippen LogP contribution is 2.22. The van der Waals surface area contributed by atoms with Gasteiger partial charge < -0.3 is 19.7 Å². The molecule has 1 aliphatic rings. The molecule has 2 N–H and O–H groups in total. The van der Waals surface area contributed by atoms with Gasteiger partial charge in [0.05, 0.1) is 6.10 Å². The van der Waals surface area contributed by atoms with Crippen LogP contribution in [0, 0.1) is 0 Å². The van der Waals surface area contributed by atoms with Crippen molar-refractivity contribution < 1.29 is 19.8 Å². The number of aliphatic hydroxyl groups is 1. The maximum atomic E-state index is 12.4. The number of carbonyl (C=O) groups is 2. The van der Waals surface area contributed by atoms with Gasteiger partial charge in [-0.2, -0.15) is 0 Å². The average molecular weight is 266 g/mol. The molecule has 1 aromatic rings. The van der Waals surface area contributed by atoms with Crippen LogP contribution in [0.3, 0.4) is 0 Å². The number of carbonyl (C=O) groups excluding carboxylic acids is 1. The molecule has 1 saturated heterocycles. The zero-order valence-corrected chi connectivity index (χ0v) is 11.0. The fourth-order valence-corrected chi connectivity index (χ4v) is 2.44. The number of aromatic nitrogens is 1. The molecule has 0 radical (unpaired) electrons. The Morgan fingerprint density at radius 1 is 1.42 bits per heavy atom. The number of likely N-dealkylation sites (tertiary alicyclic amines) is 1. The van der Waals surface area contributed by atoms with Crippen LogP contribution >= 0.6 is 0 Å². The summed E-state index contributed by atoms with van der Waals surface area (Å²) in [5, 5.41) is 18.7. The first-order chi connectivity index (χ1) is 8.91. The summed E-state index contributed by atoms with van der Waals surface area (Å²) < 4.78 is 1.80. The maximum absolute atomic E-state index is 12.4.